The number of rotatable bonds is 1. The van der Waals surface area contributed by atoms with Crippen LogP contribution in [-0.2, 0) is 4.74 Å². The molecule has 1 aliphatic rings. The maximum Gasteiger partial charge on any atom is 0.0661 e. The Morgan fingerprint density at radius 2 is 2.23 bits per heavy atom. The molecule has 0 radical (unpaired) electrons. The van der Waals surface area contributed by atoms with E-state index in [9.17, 15) is 0 Å². The monoisotopic (exact) mass is 178 g/mol. The lowest BCUT2D eigenvalue weighted by atomic mass is 10.1. The van der Waals surface area contributed by atoms with Gasteiger partial charge in [-0.3, -0.25) is 4.98 Å². The summed E-state index contributed by atoms with van der Waals surface area (Å²) in [6.45, 7) is 2.67. The second-order valence-corrected chi connectivity index (χ2v) is 3.22. The number of nitrogens with zero attached hydrogens (tertiary/aromatic N) is 1. The van der Waals surface area contributed by atoms with Gasteiger partial charge in [-0.15, -0.1) is 0 Å². The van der Waals surface area contributed by atoms with Gasteiger partial charge in [0.25, 0.3) is 0 Å². The van der Waals surface area contributed by atoms with Crippen molar-refractivity contribution in [3.05, 3.63) is 30.1 Å². The standard InChI is InChI=1S/C10H14N2O/c1-4-12-10(8-13-7-1)9-2-5-11-6-3-9/h2-3,5-6,10,12H,1,4,7-8H2. The highest BCUT2D eigenvalue weighted by atomic mass is 16.5. The van der Waals surface area contributed by atoms with Crippen molar-refractivity contribution in [3.63, 3.8) is 0 Å². The van der Waals surface area contributed by atoms with Crippen LogP contribution in [0.25, 0.3) is 0 Å². The van der Waals surface area contributed by atoms with E-state index in [1.165, 1.54) is 5.56 Å². The van der Waals surface area contributed by atoms with Gasteiger partial charge in [-0.05, 0) is 30.7 Å². The molecule has 3 heteroatoms. The van der Waals surface area contributed by atoms with Gasteiger partial charge in [-0.2, -0.15) is 0 Å². The Morgan fingerprint density at radius 1 is 1.38 bits per heavy atom. The van der Waals surface area contributed by atoms with Crippen LogP contribution in [0.15, 0.2) is 24.5 Å². The Bertz CT molecular complexity index is 242. The zero-order valence-electron chi connectivity index (χ0n) is 7.57. The molecule has 2 rings (SSSR count). The summed E-state index contributed by atoms with van der Waals surface area (Å²) in [5, 5.41) is 3.45. The number of pyridine rings is 1. The summed E-state index contributed by atoms with van der Waals surface area (Å²) in [5.74, 6) is 0. The zero-order valence-corrected chi connectivity index (χ0v) is 7.57. The molecule has 70 valence electrons. The van der Waals surface area contributed by atoms with Crippen LogP contribution in [0.3, 0.4) is 0 Å². The average Bonchev–Trinajstić information content (AvgIpc) is 2.47. The van der Waals surface area contributed by atoms with E-state index >= 15 is 0 Å². The summed E-state index contributed by atoms with van der Waals surface area (Å²) in [6.07, 6.45) is 4.74. The first-order chi connectivity index (χ1) is 6.47. The molecule has 3 nitrogen and oxygen atoms in total. The summed E-state index contributed by atoms with van der Waals surface area (Å²) in [7, 11) is 0. The molecule has 0 amide bonds. The van der Waals surface area contributed by atoms with Crippen molar-refractivity contribution in [2.45, 2.75) is 12.5 Å². The lowest BCUT2D eigenvalue weighted by Crippen LogP contribution is -2.23. The highest BCUT2D eigenvalue weighted by molar-refractivity contribution is 5.15. The summed E-state index contributed by atoms with van der Waals surface area (Å²) in [5.41, 5.74) is 1.26. The lowest BCUT2D eigenvalue weighted by Gasteiger charge is -2.14. The third-order valence-electron chi connectivity index (χ3n) is 2.25. The molecule has 1 aromatic rings. The smallest absolute Gasteiger partial charge is 0.0661 e. The van der Waals surface area contributed by atoms with Gasteiger partial charge in [-0.1, -0.05) is 0 Å². The molecule has 1 fully saturated rings. The van der Waals surface area contributed by atoms with E-state index in [1.807, 2.05) is 24.5 Å². The molecule has 2 heterocycles. The summed E-state index contributed by atoms with van der Waals surface area (Å²) < 4.78 is 5.48. The molecule has 0 spiro atoms. The molecule has 1 aliphatic heterocycles. The van der Waals surface area contributed by atoms with E-state index < -0.39 is 0 Å². The Hall–Kier alpha value is -0.930. The fourth-order valence-electron chi connectivity index (χ4n) is 1.52. The van der Waals surface area contributed by atoms with E-state index in [0.717, 1.165) is 26.2 Å². The molecule has 1 saturated heterocycles. The summed E-state index contributed by atoms with van der Waals surface area (Å²) >= 11 is 0. The molecular weight excluding hydrogens is 164 g/mol. The fourth-order valence-corrected chi connectivity index (χ4v) is 1.52. The predicted octanol–water partition coefficient (Wildman–Crippen LogP) is 1.13. The van der Waals surface area contributed by atoms with Crippen LogP contribution in [0.5, 0.6) is 0 Å². The molecule has 0 saturated carbocycles. The number of ether oxygens (including phenoxy) is 1. The third-order valence-corrected chi connectivity index (χ3v) is 2.25. The number of hydrogen-bond acceptors (Lipinski definition) is 3. The largest absolute Gasteiger partial charge is 0.379 e. The molecule has 1 aromatic heterocycles. The first kappa shape index (κ1) is 8.66. The number of aromatic nitrogens is 1. The lowest BCUT2D eigenvalue weighted by molar-refractivity contribution is 0.131. The van der Waals surface area contributed by atoms with Gasteiger partial charge in [0.2, 0.25) is 0 Å². The molecule has 1 unspecified atom stereocenters. The Balaban J connectivity index is 2.06. The minimum atomic E-state index is 0.338. The molecule has 13 heavy (non-hydrogen) atoms. The first-order valence-corrected chi connectivity index (χ1v) is 4.68. The minimum Gasteiger partial charge on any atom is -0.379 e. The number of nitrogens with one attached hydrogen (secondary N) is 1. The van der Waals surface area contributed by atoms with Crippen LogP contribution >= 0.6 is 0 Å². The van der Waals surface area contributed by atoms with Crippen molar-refractivity contribution < 1.29 is 4.74 Å². The van der Waals surface area contributed by atoms with E-state index in [4.69, 9.17) is 4.74 Å². The highest BCUT2D eigenvalue weighted by Gasteiger charge is 2.12. The second-order valence-electron chi connectivity index (χ2n) is 3.22. The van der Waals surface area contributed by atoms with Gasteiger partial charge in [0.15, 0.2) is 0 Å². The first-order valence-electron chi connectivity index (χ1n) is 4.68. The van der Waals surface area contributed by atoms with E-state index in [0.29, 0.717) is 6.04 Å². The van der Waals surface area contributed by atoms with Crippen molar-refractivity contribution >= 4 is 0 Å². The Morgan fingerprint density at radius 3 is 3.08 bits per heavy atom. The van der Waals surface area contributed by atoms with E-state index in [2.05, 4.69) is 10.3 Å². The normalized spacial score (nSPS) is 23.8. The maximum atomic E-state index is 5.48. The van der Waals surface area contributed by atoms with Gasteiger partial charge >= 0.3 is 0 Å². The zero-order chi connectivity index (χ0) is 8.93. The van der Waals surface area contributed by atoms with Crippen molar-refractivity contribution in [3.8, 4) is 0 Å². The van der Waals surface area contributed by atoms with Gasteiger partial charge in [0, 0.05) is 19.0 Å². The average molecular weight is 178 g/mol. The van der Waals surface area contributed by atoms with Crippen LogP contribution < -0.4 is 5.32 Å². The quantitative estimate of drug-likeness (QED) is 0.700. The SMILES string of the molecule is c1cc(C2COCCCN2)ccn1. The van der Waals surface area contributed by atoms with Gasteiger partial charge in [-0.25, -0.2) is 0 Å². The fraction of sp³-hybridized carbons (Fsp3) is 0.500. The maximum absolute atomic E-state index is 5.48. The van der Waals surface area contributed by atoms with Crippen molar-refractivity contribution in [2.75, 3.05) is 19.8 Å². The topological polar surface area (TPSA) is 34.1 Å². The summed E-state index contributed by atoms with van der Waals surface area (Å²) in [4.78, 5) is 4.00. The molecular formula is C10H14N2O. The van der Waals surface area contributed by atoms with Crippen LogP contribution in [0, 0.1) is 0 Å². The van der Waals surface area contributed by atoms with Crippen LogP contribution in [-0.4, -0.2) is 24.7 Å². The van der Waals surface area contributed by atoms with Crippen molar-refractivity contribution in [2.24, 2.45) is 0 Å². The minimum absolute atomic E-state index is 0.338. The second kappa shape index (κ2) is 4.35. The van der Waals surface area contributed by atoms with E-state index in [-0.39, 0.29) is 0 Å². The van der Waals surface area contributed by atoms with Crippen LogP contribution in [0.1, 0.15) is 18.0 Å². The van der Waals surface area contributed by atoms with E-state index in [1.54, 1.807) is 0 Å². The Kier molecular flexibility index (Phi) is 2.90. The highest BCUT2D eigenvalue weighted by Crippen LogP contribution is 2.13. The van der Waals surface area contributed by atoms with Gasteiger partial charge < -0.3 is 10.1 Å². The van der Waals surface area contributed by atoms with Crippen LogP contribution in [0.2, 0.25) is 0 Å². The van der Waals surface area contributed by atoms with Crippen molar-refractivity contribution in [1.29, 1.82) is 0 Å². The molecule has 1 N–H and O–H groups in total. The van der Waals surface area contributed by atoms with Crippen LogP contribution in [0.4, 0.5) is 0 Å². The molecule has 0 bridgehead atoms. The van der Waals surface area contributed by atoms with Gasteiger partial charge in [0.05, 0.1) is 12.6 Å². The third kappa shape index (κ3) is 2.26. The number of hydrogen-bond donors (Lipinski definition) is 1. The Labute approximate surface area is 78.1 Å². The molecule has 0 aromatic carbocycles. The summed E-state index contributed by atoms with van der Waals surface area (Å²) in [6, 6.07) is 4.41. The predicted molar refractivity (Wildman–Crippen MR) is 50.4 cm³/mol. The molecule has 1 atom stereocenters. The molecule has 0 aliphatic carbocycles. The van der Waals surface area contributed by atoms with Crippen molar-refractivity contribution in [1.82, 2.24) is 10.3 Å². The van der Waals surface area contributed by atoms with Gasteiger partial charge in [0.1, 0.15) is 0 Å².